The molecular formula is C16H25ClN2O3. The molecule has 1 amide bonds. The highest BCUT2D eigenvalue weighted by molar-refractivity contribution is 5.85. The van der Waals surface area contributed by atoms with E-state index in [2.05, 4.69) is 23.8 Å². The highest BCUT2D eigenvalue weighted by Gasteiger charge is 2.18. The van der Waals surface area contributed by atoms with Crippen LogP contribution in [-0.4, -0.2) is 43.5 Å². The number of nitrogens with zero attached hydrogens (tertiary/aromatic N) is 1. The zero-order valence-electron chi connectivity index (χ0n) is 13.3. The summed E-state index contributed by atoms with van der Waals surface area (Å²) in [5.74, 6) is -0.241. The second-order valence-electron chi connectivity index (χ2n) is 5.25. The quantitative estimate of drug-likeness (QED) is 0.776. The molecule has 0 aliphatic rings. The van der Waals surface area contributed by atoms with Crippen molar-refractivity contribution >= 4 is 24.3 Å². The van der Waals surface area contributed by atoms with Gasteiger partial charge >= 0.3 is 5.97 Å². The lowest BCUT2D eigenvalue weighted by Crippen LogP contribution is -2.35. The van der Waals surface area contributed by atoms with E-state index in [-0.39, 0.29) is 30.7 Å². The van der Waals surface area contributed by atoms with Crippen molar-refractivity contribution in [2.24, 2.45) is 5.73 Å². The Morgan fingerprint density at radius 1 is 1.27 bits per heavy atom. The maximum atomic E-state index is 12.0. The van der Waals surface area contributed by atoms with Crippen LogP contribution in [0, 0.1) is 0 Å². The van der Waals surface area contributed by atoms with Crippen LogP contribution in [0.4, 0.5) is 0 Å². The van der Waals surface area contributed by atoms with Crippen molar-refractivity contribution in [2.75, 3.05) is 20.7 Å². The van der Waals surface area contributed by atoms with Crippen LogP contribution in [0.3, 0.4) is 0 Å². The van der Waals surface area contributed by atoms with Crippen LogP contribution in [0.5, 0.6) is 0 Å². The maximum absolute atomic E-state index is 12.0. The van der Waals surface area contributed by atoms with Gasteiger partial charge in [-0.1, -0.05) is 37.3 Å². The smallest absolute Gasteiger partial charge is 0.322 e. The number of ether oxygens (including phenoxy) is 1. The molecule has 124 valence electrons. The van der Waals surface area contributed by atoms with E-state index in [0.29, 0.717) is 13.0 Å². The molecule has 0 heterocycles. The van der Waals surface area contributed by atoms with Crippen molar-refractivity contribution in [3.8, 4) is 0 Å². The molecule has 0 aliphatic heterocycles. The molecule has 22 heavy (non-hydrogen) atoms. The second-order valence-corrected chi connectivity index (χ2v) is 5.25. The fourth-order valence-corrected chi connectivity index (χ4v) is 2.14. The molecule has 1 aromatic carbocycles. The molecule has 2 unspecified atom stereocenters. The molecular weight excluding hydrogens is 304 g/mol. The number of carbonyl (C=O) groups is 2. The van der Waals surface area contributed by atoms with Gasteiger partial charge in [-0.2, -0.15) is 0 Å². The Labute approximate surface area is 138 Å². The summed E-state index contributed by atoms with van der Waals surface area (Å²) in [5, 5.41) is 0. The zero-order chi connectivity index (χ0) is 15.8. The number of amides is 1. The molecule has 2 atom stereocenters. The van der Waals surface area contributed by atoms with Crippen molar-refractivity contribution in [2.45, 2.75) is 31.7 Å². The van der Waals surface area contributed by atoms with E-state index in [0.717, 1.165) is 0 Å². The highest BCUT2D eigenvalue weighted by atomic mass is 35.5. The first kappa shape index (κ1) is 20.4. The molecule has 1 aromatic rings. The van der Waals surface area contributed by atoms with Crippen molar-refractivity contribution in [1.82, 2.24) is 4.90 Å². The summed E-state index contributed by atoms with van der Waals surface area (Å²) in [6.45, 7) is 2.72. The fourth-order valence-electron chi connectivity index (χ4n) is 2.14. The summed E-state index contributed by atoms with van der Waals surface area (Å²) in [6, 6.07) is 9.32. The molecule has 0 radical (unpaired) electrons. The van der Waals surface area contributed by atoms with Gasteiger partial charge in [0.1, 0.15) is 6.04 Å². The van der Waals surface area contributed by atoms with Gasteiger partial charge in [0.15, 0.2) is 0 Å². The van der Waals surface area contributed by atoms with Gasteiger partial charge in [-0.3, -0.25) is 9.59 Å². The van der Waals surface area contributed by atoms with Gasteiger partial charge in [0, 0.05) is 20.0 Å². The van der Waals surface area contributed by atoms with Gasteiger partial charge < -0.3 is 15.4 Å². The van der Waals surface area contributed by atoms with E-state index in [1.165, 1.54) is 12.7 Å². The molecule has 0 aromatic heterocycles. The summed E-state index contributed by atoms with van der Waals surface area (Å²) < 4.78 is 4.54. The lowest BCUT2D eigenvalue weighted by atomic mass is 10.0. The maximum Gasteiger partial charge on any atom is 0.322 e. The minimum atomic E-state index is -0.737. The van der Waals surface area contributed by atoms with E-state index in [4.69, 9.17) is 5.73 Å². The van der Waals surface area contributed by atoms with Crippen LogP contribution >= 0.6 is 12.4 Å². The monoisotopic (exact) mass is 328 g/mol. The average molecular weight is 329 g/mol. The largest absolute Gasteiger partial charge is 0.468 e. The van der Waals surface area contributed by atoms with Gasteiger partial charge in [-0.15, -0.1) is 12.4 Å². The third-order valence-electron chi connectivity index (χ3n) is 3.52. The Kier molecular flexibility index (Phi) is 9.45. The molecule has 0 saturated heterocycles. The summed E-state index contributed by atoms with van der Waals surface area (Å²) in [4.78, 5) is 24.9. The number of hydrogen-bond donors (Lipinski definition) is 1. The Bertz CT molecular complexity index is 468. The third kappa shape index (κ3) is 6.45. The fraction of sp³-hybridized carbons (Fsp3) is 0.500. The molecule has 2 N–H and O–H groups in total. The molecule has 0 saturated carbocycles. The average Bonchev–Trinajstić information content (AvgIpc) is 2.51. The van der Waals surface area contributed by atoms with Gasteiger partial charge in [0.2, 0.25) is 5.91 Å². The number of hydrogen-bond acceptors (Lipinski definition) is 4. The number of benzene rings is 1. The van der Waals surface area contributed by atoms with Gasteiger partial charge in [-0.05, 0) is 17.9 Å². The van der Waals surface area contributed by atoms with Crippen LogP contribution in [0.2, 0.25) is 0 Å². The first-order valence-electron chi connectivity index (χ1n) is 7.08. The Morgan fingerprint density at radius 3 is 2.41 bits per heavy atom. The van der Waals surface area contributed by atoms with Crippen molar-refractivity contribution in [3.63, 3.8) is 0 Å². The number of halogens is 1. The number of nitrogens with two attached hydrogens (primary N) is 1. The zero-order valence-corrected chi connectivity index (χ0v) is 14.1. The Hall–Kier alpha value is -1.59. The van der Waals surface area contributed by atoms with Crippen LogP contribution in [0.15, 0.2) is 30.3 Å². The second kappa shape index (κ2) is 10.2. The van der Waals surface area contributed by atoms with Crippen molar-refractivity contribution in [1.29, 1.82) is 0 Å². The van der Waals surface area contributed by atoms with E-state index in [9.17, 15) is 9.59 Å². The molecule has 0 bridgehead atoms. The first-order chi connectivity index (χ1) is 9.95. The van der Waals surface area contributed by atoms with E-state index in [1.807, 2.05) is 18.2 Å². The number of rotatable bonds is 7. The number of esters is 1. The van der Waals surface area contributed by atoms with Gasteiger partial charge in [0.25, 0.3) is 0 Å². The minimum Gasteiger partial charge on any atom is -0.468 e. The minimum absolute atomic E-state index is 0. The molecule has 0 fully saturated rings. The van der Waals surface area contributed by atoms with E-state index in [1.54, 1.807) is 11.9 Å². The lowest BCUT2D eigenvalue weighted by Gasteiger charge is -2.22. The SMILES string of the molecule is COC(=O)C(N)CCC(=O)N(C)CC(C)c1ccccc1.Cl. The molecule has 0 spiro atoms. The Balaban J connectivity index is 0.00000441. The topological polar surface area (TPSA) is 72.6 Å². The van der Waals surface area contributed by atoms with Crippen molar-refractivity contribution in [3.05, 3.63) is 35.9 Å². The molecule has 5 nitrogen and oxygen atoms in total. The predicted octanol–water partition coefficient (Wildman–Crippen LogP) is 1.95. The highest BCUT2D eigenvalue weighted by Crippen LogP contribution is 2.16. The van der Waals surface area contributed by atoms with Crippen LogP contribution in [0.25, 0.3) is 0 Å². The summed E-state index contributed by atoms with van der Waals surface area (Å²) >= 11 is 0. The van der Waals surface area contributed by atoms with Crippen LogP contribution < -0.4 is 5.73 Å². The molecule has 0 aliphatic carbocycles. The summed E-state index contributed by atoms with van der Waals surface area (Å²) in [5.41, 5.74) is 6.82. The Morgan fingerprint density at radius 2 is 1.86 bits per heavy atom. The normalized spacial score (nSPS) is 12.7. The molecule has 1 rings (SSSR count). The summed E-state index contributed by atoms with van der Waals surface area (Å²) in [7, 11) is 3.06. The number of methoxy groups -OCH3 is 1. The predicted molar refractivity (Wildman–Crippen MR) is 89.0 cm³/mol. The van der Waals surface area contributed by atoms with Gasteiger partial charge in [-0.25, -0.2) is 0 Å². The number of carbonyl (C=O) groups excluding carboxylic acids is 2. The van der Waals surface area contributed by atoms with Gasteiger partial charge in [0.05, 0.1) is 7.11 Å². The first-order valence-corrected chi connectivity index (χ1v) is 7.08. The van der Waals surface area contributed by atoms with Crippen LogP contribution in [0.1, 0.15) is 31.2 Å². The molecule has 6 heteroatoms. The number of likely N-dealkylation sites (N-methyl/N-ethyl adjacent to an activating group) is 1. The van der Waals surface area contributed by atoms with E-state index < -0.39 is 12.0 Å². The van der Waals surface area contributed by atoms with Crippen molar-refractivity contribution < 1.29 is 14.3 Å². The van der Waals surface area contributed by atoms with Crippen LogP contribution in [-0.2, 0) is 14.3 Å². The third-order valence-corrected chi connectivity index (χ3v) is 3.52. The summed E-state index contributed by atoms with van der Waals surface area (Å²) in [6.07, 6.45) is 0.545. The van der Waals surface area contributed by atoms with E-state index >= 15 is 0 Å². The standard InChI is InChI=1S/C16H24N2O3.ClH/c1-12(13-7-5-4-6-8-13)11-18(2)15(19)10-9-14(17)16(20)21-3;/h4-8,12,14H,9-11,17H2,1-3H3;1H. The lowest BCUT2D eigenvalue weighted by molar-refractivity contribution is -0.142.